The second-order valence-electron chi connectivity index (χ2n) is 10.2. The lowest BCUT2D eigenvalue weighted by molar-refractivity contribution is 0.402. The first kappa shape index (κ1) is 25.1. The molecule has 0 saturated carbocycles. The highest BCUT2D eigenvalue weighted by atomic mass is 32.2. The number of hydrogen-bond acceptors (Lipinski definition) is 7. The monoisotopic (exact) mass is 588 g/mol. The van der Waals surface area contributed by atoms with Gasteiger partial charge in [0, 0.05) is 17.2 Å². The molecule has 6 aromatic rings. The van der Waals surface area contributed by atoms with E-state index in [1.54, 1.807) is 7.11 Å². The van der Waals surface area contributed by atoms with Crippen LogP contribution in [0.25, 0.3) is 22.8 Å². The second kappa shape index (κ2) is 10.0. The van der Waals surface area contributed by atoms with Crippen molar-refractivity contribution < 1.29 is 9.15 Å². The normalized spacial score (nSPS) is 16.2. The minimum atomic E-state index is -0.307. The molecule has 206 valence electrons. The van der Waals surface area contributed by atoms with Gasteiger partial charge in [0.15, 0.2) is 15.1 Å². The van der Waals surface area contributed by atoms with Crippen molar-refractivity contribution in [2.45, 2.75) is 29.1 Å². The number of benzene rings is 3. The maximum Gasteiger partial charge on any atom is 0.271 e. The Labute approximate surface area is 248 Å². The van der Waals surface area contributed by atoms with Gasteiger partial charge >= 0.3 is 0 Å². The number of nitrogens with zero attached hydrogens (tertiary/aromatic N) is 3. The number of nitrogens with one attached hydrogen (secondary N) is 1. The van der Waals surface area contributed by atoms with Crippen LogP contribution in [0.15, 0.2) is 115 Å². The number of H-pyrrole nitrogens is 1. The van der Waals surface area contributed by atoms with Crippen LogP contribution in [-0.4, -0.2) is 21.6 Å². The first-order valence-corrected chi connectivity index (χ1v) is 15.3. The van der Waals surface area contributed by atoms with E-state index in [0.29, 0.717) is 20.2 Å². The topological polar surface area (TPSA) is 85.4 Å². The molecule has 1 aliphatic carbocycles. The molecule has 7 nitrogen and oxygen atoms in total. The number of hydrogen-bond donors (Lipinski definition) is 1. The quantitative estimate of drug-likeness (QED) is 0.269. The Morgan fingerprint density at radius 2 is 1.86 bits per heavy atom. The second-order valence-corrected chi connectivity index (χ2v) is 12.2. The van der Waals surface area contributed by atoms with Crippen LogP contribution in [0.1, 0.15) is 34.9 Å². The molecule has 3 aromatic heterocycles. The van der Waals surface area contributed by atoms with E-state index < -0.39 is 0 Å². The molecular formula is C33H24N4O3S2. The zero-order chi connectivity index (χ0) is 28.2. The summed E-state index contributed by atoms with van der Waals surface area (Å²) < 4.78 is 14.3. The number of aromatic amines is 1. The highest BCUT2D eigenvalue weighted by Crippen LogP contribution is 2.43. The fraction of sp³-hybridized carbons (Fsp3) is 0.121. The van der Waals surface area contributed by atoms with Crippen molar-refractivity contribution in [1.82, 2.24) is 14.5 Å². The first-order chi connectivity index (χ1) is 20.7. The van der Waals surface area contributed by atoms with Crippen LogP contribution in [0.3, 0.4) is 0 Å². The van der Waals surface area contributed by atoms with Crippen molar-refractivity contribution in [2.24, 2.45) is 4.99 Å². The van der Waals surface area contributed by atoms with E-state index in [1.807, 2.05) is 71.3 Å². The molecule has 2 aliphatic rings. The fourth-order valence-electron chi connectivity index (χ4n) is 5.86. The zero-order valence-corrected chi connectivity index (χ0v) is 24.2. The van der Waals surface area contributed by atoms with Gasteiger partial charge in [0.1, 0.15) is 11.5 Å². The van der Waals surface area contributed by atoms with E-state index in [4.69, 9.17) is 14.1 Å². The van der Waals surface area contributed by atoms with Gasteiger partial charge in [-0.25, -0.2) is 9.98 Å². The van der Waals surface area contributed by atoms with Crippen LogP contribution in [0, 0.1) is 0 Å². The van der Waals surface area contributed by atoms with E-state index in [-0.39, 0.29) is 11.6 Å². The summed E-state index contributed by atoms with van der Waals surface area (Å²) in [5.74, 6) is 1.35. The standard InChI is InChI=1S/C33H24N4O3S2/c1-39-26-13-7-4-10-22(26)30-23-16-14-19-8-2-3-9-21(19)29(23)36-33-37(30)31(38)27(41-33)18-20-15-17-28(40-20)42-32-34-24-11-5-6-12-25(24)35-32/h2-13,15,17-18,30H,14,16H2,1H3,(H,34,35)/b27-18-/t30-/m1/s1. The molecule has 4 heterocycles. The van der Waals surface area contributed by atoms with Crippen molar-refractivity contribution in [3.05, 3.63) is 133 Å². The van der Waals surface area contributed by atoms with Crippen LogP contribution in [0.2, 0.25) is 0 Å². The summed E-state index contributed by atoms with van der Waals surface area (Å²) in [5, 5.41) is 1.44. The number of fused-ring (bicyclic) bond motifs is 4. The molecular weight excluding hydrogens is 565 g/mol. The van der Waals surface area contributed by atoms with Gasteiger partial charge in [-0.3, -0.25) is 9.36 Å². The number of imidazole rings is 1. The number of aryl methyl sites for hydroxylation is 1. The number of aromatic nitrogens is 3. The van der Waals surface area contributed by atoms with Crippen molar-refractivity contribution in [2.75, 3.05) is 7.11 Å². The molecule has 0 fully saturated rings. The highest BCUT2D eigenvalue weighted by molar-refractivity contribution is 7.99. The van der Waals surface area contributed by atoms with Crippen LogP contribution in [-0.2, 0) is 6.42 Å². The summed E-state index contributed by atoms with van der Waals surface area (Å²) in [6.45, 7) is 0. The Morgan fingerprint density at radius 1 is 1.02 bits per heavy atom. The molecule has 8 rings (SSSR count). The van der Waals surface area contributed by atoms with Gasteiger partial charge in [-0.1, -0.05) is 65.9 Å². The SMILES string of the molecule is COc1ccccc1[C@@H]1C2=C(N=c3s/c(=C\c4ccc(Sc5nc6ccccc6[nH]5)o4)c(=O)n31)c1ccccc1CC2. The molecule has 42 heavy (non-hydrogen) atoms. The smallest absolute Gasteiger partial charge is 0.271 e. The largest absolute Gasteiger partial charge is 0.496 e. The van der Waals surface area contributed by atoms with Crippen LogP contribution < -0.4 is 19.6 Å². The molecule has 0 bridgehead atoms. The third kappa shape index (κ3) is 4.16. The Hall–Kier alpha value is -4.60. The molecule has 9 heteroatoms. The van der Waals surface area contributed by atoms with Crippen molar-refractivity contribution >= 4 is 45.9 Å². The molecule has 0 saturated heterocycles. The highest BCUT2D eigenvalue weighted by Gasteiger charge is 2.34. The lowest BCUT2D eigenvalue weighted by atomic mass is 9.83. The molecule has 1 atom stereocenters. The number of methoxy groups -OCH3 is 1. The lowest BCUT2D eigenvalue weighted by Gasteiger charge is -2.31. The van der Waals surface area contributed by atoms with Gasteiger partial charge in [0.25, 0.3) is 5.56 Å². The predicted molar refractivity (Wildman–Crippen MR) is 165 cm³/mol. The summed E-state index contributed by atoms with van der Waals surface area (Å²) in [7, 11) is 1.67. The minimum absolute atomic E-state index is 0.0945. The maximum atomic E-state index is 14.1. The van der Waals surface area contributed by atoms with Gasteiger partial charge in [-0.15, -0.1) is 0 Å². The molecule has 0 unspecified atom stereocenters. The summed E-state index contributed by atoms with van der Waals surface area (Å²) in [4.78, 5) is 27.8. The third-order valence-corrected chi connectivity index (χ3v) is 9.54. The number of rotatable bonds is 5. The number of allylic oxidation sites excluding steroid dienone is 1. The van der Waals surface area contributed by atoms with Gasteiger partial charge < -0.3 is 14.1 Å². The fourth-order valence-corrected chi connectivity index (χ4v) is 7.61. The van der Waals surface area contributed by atoms with E-state index >= 15 is 0 Å². The van der Waals surface area contributed by atoms with Gasteiger partial charge in [0.05, 0.1) is 34.4 Å². The Morgan fingerprint density at radius 3 is 2.76 bits per heavy atom. The number of thiazole rings is 1. The van der Waals surface area contributed by atoms with Gasteiger partial charge in [-0.05, 0) is 66.1 Å². The summed E-state index contributed by atoms with van der Waals surface area (Å²) >= 11 is 2.80. The van der Waals surface area contributed by atoms with E-state index in [2.05, 4.69) is 34.2 Å². The van der Waals surface area contributed by atoms with E-state index in [9.17, 15) is 4.79 Å². The third-order valence-electron chi connectivity index (χ3n) is 7.75. The summed E-state index contributed by atoms with van der Waals surface area (Å²) in [6.07, 6.45) is 3.53. The van der Waals surface area contributed by atoms with Crippen molar-refractivity contribution in [3.8, 4) is 5.75 Å². The van der Waals surface area contributed by atoms with Crippen LogP contribution >= 0.6 is 23.1 Å². The van der Waals surface area contributed by atoms with E-state index in [1.165, 1.54) is 28.7 Å². The minimum Gasteiger partial charge on any atom is -0.496 e. The van der Waals surface area contributed by atoms with Crippen molar-refractivity contribution in [3.63, 3.8) is 0 Å². The Bertz CT molecular complexity index is 2190. The molecule has 0 amide bonds. The molecule has 0 spiro atoms. The number of para-hydroxylation sites is 3. The zero-order valence-electron chi connectivity index (χ0n) is 22.5. The summed E-state index contributed by atoms with van der Waals surface area (Å²) in [5.41, 5.74) is 7.26. The number of ether oxygens (including phenoxy) is 1. The van der Waals surface area contributed by atoms with Gasteiger partial charge in [-0.2, -0.15) is 0 Å². The lowest BCUT2D eigenvalue weighted by Crippen LogP contribution is -2.38. The van der Waals surface area contributed by atoms with Crippen LogP contribution in [0.5, 0.6) is 5.75 Å². The predicted octanol–water partition coefficient (Wildman–Crippen LogP) is 5.95. The first-order valence-electron chi connectivity index (χ1n) is 13.6. The molecule has 0 radical (unpaired) electrons. The molecule has 3 aromatic carbocycles. The van der Waals surface area contributed by atoms with Gasteiger partial charge in [0.2, 0.25) is 0 Å². The van der Waals surface area contributed by atoms with Crippen LogP contribution in [0.4, 0.5) is 0 Å². The maximum absolute atomic E-state index is 14.1. The average molecular weight is 589 g/mol. The Kier molecular flexibility index (Phi) is 6.01. The number of furan rings is 1. The average Bonchev–Trinajstić information content (AvgIpc) is 3.73. The Balaban J connectivity index is 1.24. The molecule has 1 aliphatic heterocycles. The van der Waals surface area contributed by atoms with Crippen molar-refractivity contribution in [1.29, 1.82) is 0 Å². The van der Waals surface area contributed by atoms with E-state index in [0.717, 1.165) is 57.2 Å². The molecule has 1 N–H and O–H groups in total. The summed E-state index contributed by atoms with van der Waals surface area (Å²) in [6, 6.07) is 27.7.